The molecule has 2 aromatic rings. The van der Waals surface area contributed by atoms with Crippen molar-refractivity contribution < 1.29 is 13.2 Å². The minimum absolute atomic E-state index is 0.342. The monoisotopic (exact) mass is 346 g/mol. The molecular formula is C20H21F3N2. The van der Waals surface area contributed by atoms with Crippen LogP contribution in [0.2, 0.25) is 0 Å². The highest BCUT2D eigenvalue weighted by molar-refractivity contribution is 5.67. The summed E-state index contributed by atoms with van der Waals surface area (Å²) in [5.41, 5.74) is 2.14. The van der Waals surface area contributed by atoms with E-state index in [1.54, 1.807) is 12.3 Å². The molecule has 2 nitrogen and oxygen atoms in total. The summed E-state index contributed by atoms with van der Waals surface area (Å²) < 4.78 is 38.6. The highest BCUT2D eigenvalue weighted by atomic mass is 19.4. The Balaban J connectivity index is 1.66. The van der Waals surface area contributed by atoms with Crippen molar-refractivity contribution in [2.75, 3.05) is 13.1 Å². The maximum atomic E-state index is 12.9. The Labute approximate surface area is 146 Å². The fourth-order valence-corrected chi connectivity index (χ4v) is 3.19. The van der Waals surface area contributed by atoms with Crippen molar-refractivity contribution in [2.24, 2.45) is 0 Å². The fraction of sp³-hybridized carbons (Fsp3) is 0.350. The van der Waals surface area contributed by atoms with E-state index in [4.69, 9.17) is 0 Å². The van der Waals surface area contributed by atoms with Gasteiger partial charge in [-0.05, 0) is 48.7 Å². The van der Waals surface area contributed by atoms with Gasteiger partial charge in [-0.3, -0.25) is 9.88 Å². The van der Waals surface area contributed by atoms with Gasteiger partial charge >= 0.3 is 6.18 Å². The van der Waals surface area contributed by atoms with E-state index in [1.165, 1.54) is 12.1 Å². The first-order valence-corrected chi connectivity index (χ1v) is 8.44. The number of rotatable bonds is 4. The van der Waals surface area contributed by atoms with Crippen molar-refractivity contribution >= 4 is 5.57 Å². The summed E-state index contributed by atoms with van der Waals surface area (Å²) in [4.78, 5) is 6.70. The van der Waals surface area contributed by atoms with Gasteiger partial charge in [0.2, 0.25) is 0 Å². The van der Waals surface area contributed by atoms with Gasteiger partial charge < -0.3 is 0 Å². The molecule has 1 aliphatic heterocycles. The predicted octanol–water partition coefficient (Wildman–Crippen LogP) is 4.82. The number of aromatic nitrogens is 1. The zero-order valence-electron chi connectivity index (χ0n) is 14.1. The smallest absolute Gasteiger partial charge is 0.296 e. The third-order valence-corrected chi connectivity index (χ3v) is 4.66. The van der Waals surface area contributed by atoms with Crippen molar-refractivity contribution in [2.45, 2.75) is 32.0 Å². The SMILES string of the molecule is CC(Cc1ccccn1)N1CC=C(c2cccc(C(F)(F)F)c2)CC1. The van der Waals surface area contributed by atoms with E-state index in [9.17, 15) is 13.2 Å². The molecule has 0 fully saturated rings. The van der Waals surface area contributed by atoms with Crippen LogP contribution in [-0.2, 0) is 12.6 Å². The van der Waals surface area contributed by atoms with E-state index in [-0.39, 0.29) is 0 Å². The summed E-state index contributed by atoms with van der Waals surface area (Å²) >= 11 is 0. The van der Waals surface area contributed by atoms with Crippen LogP contribution >= 0.6 is 0 Å². The van der Waals surface area contributed by atoms with Gasteiger partial charge in [-0.2, -0.15) is 13.2 Å². The molecule has 1 aliphatic rings. The zero-order valence-corrected chi connectivity index (χ0v) is 14.1. The van der Waals surface area contributed by atoms with E-state index < -0.39 is 11.7 Å². The highest BCUT2D eigenvalue weighted by Crippen LogP contribution is 2.32. The molecule has 0 spiro atoms. The third kappa shape index (κ3) is 4.48. The van der Waals surface area contributed by atoms with Crippen molar-refractivity contribution in [1.29, 1.82) is 0 Å². The molecule has 1 aromatic heterocycles. The summed E-state index contributed by atoms with van der Waals surface area (Å²) in [7, 11) is 0. The number of nitrogens with zero attached hydrogens (tertiary/aromatic N) is 2. The molecule has 0 bridgehead atoms. The quantitative estimate of drug-likeness (QED) is 0.789. The Morgan fingerprint density at radius 1 is 1.16 bits per heavy atom. The van der Waals surface area contributed by atoms with E-state index in [1.807, 2.05) is 24.3 Å². The Morgan fingerprint density at radius 3 is 2.64 bits per heavy atom. The van der Waals surface area contributed by atoms with Crippen LogP contribution in [0.15, 0.2) is 54.7 Å². The lowest BCUT2D eigenvalue weighted by molar-refractivity contribution is -0.137. The van der Waals surface area contributed by atoms with E-state index in [0.717, 1.165) is 43.3 Å². The van der Waals surface area contributed by atoms with Gasteiger partial charge in [0.05, 0.1) is 5.56 Å². The maximum Gasteiger partial charge on any atom is 0.416 e. The van der Waals surface area contributed by atoms with Gasteiger partial charge in [-0.15, -0.1) is 0 Å². The summed E-state index contributed by atoms with van der Waals surface area (Å²) in [6.45, 7) is 3.76. The third-order valence-electron chi connectivity index (χ3n) is 4.66. The Bertz CT molecular complexity index is 738. The largest absolute Gasteiger partial charge is 0.416 e. The first kappa shape index (κ1) is 17.7. The van der Waals surface area contributed by atoms with E-state index in [2.05, 4.69) is 16.8 Å². The zero-order chi connectivity index (χ0) is 17.9. The van der Waals surface area contributed by atoms with Crippen LogP contribution < -0.4 is 0 Å². The Morgan fingerprint density at radius 2 is 2.00 bits per heavy atom. The molecule has 0 saturated carbocycles. The Kier molecular flexibility index (Phi) is 5.23. The average molecular weight is 346 g/mol. The number of halogens is 3. The molecule has 1 unspecified atom stereocenters. The van der Waals surface area contributed by atoms with Gasteiger partial charge in [0, 0.05) is 37.4 Å². The number of hydrogen-bond acceptors (Lipinski definition) is 2. The molecule has 1 aromatic carbocycles. The van der Waals surface area contributed by atoms with Crippen LogP contribution in [-0.4, -0.2) is 29.0 Å². The number of benzene rings is 1. The van der Waals surface area contributed by atoms with Crippen LogP contribution in [0.5, 0.6) is 0 Å². The minimum atomic E-state index is -4.30. The lowest BCUT2D eigenvalue weighted by Gasteiger charge is -2.32. The highest BCUT2D eigenvalue weighted by Gasteiger charge is 2.30. The van der Waals surface area contributed by atoms with Crippen molar-refractivity contribution in [1.82, 2.24) is 9.88 Å². The fourth-order valence-electron chi connectivity index (χ4n) is 3.19. The molecule has 0 amide bonds. The second-order valence-electron chi connectivity index (χ2n) is 6.43. The number of alkyl halides is 3. The Hall–Kier alpha value is -2.14. The van der Waals surface area contributed by atoms with Crippen LogP contribution in [0, 0.1) is 0 Å². The molecule has 0 aliphatic carbocycles. The van der Waals surface area contributed by atoms with Crippen molar-refractivity contribution in [3.63, 3.8) is 0 Å². The van der Waals surface area contributed by atoms with Gasteiger partial charge in [0.15, 0.2) is 0 Å². The number of hydrogen-bond donors (Lipinski definition) is 0. The van der Waals surface area contributed by atoms with Gasteiger partial charge in [0.1, 0.15) is 0 Å². The molecule has 2 heterocycles. The minimum Gasteiger partial charge on any atom is -0.296 e. The predicted molar refractivity (Wildman–Crippen MR) is 93.0 cm³/mol. The number of pyridine rings is 1. The van der Waals surface area contributed by atoms with Crippen LogP contribution in [0.3, 0.4) is 0 Å². The van der Waals surface area contributed by atoms with E-state index in [0.29, 0.717) is 11.6 Å². The first-order chi connectivity index (χ1) is 11.9. The molecule has 1 atom stereocenters. The second-order valence-corrected chi connectivity index (χ2v) is 6.43. The molecule has 0 N–H and O–H groups in total. The normalized spacial score (nSPS) is 17.2. The molecule has 132 valence electrons. The molecule has 5 heteroatoms. The van der Waals surface area contributed by atoms with Gasteiger partial charge in [-0.25, -0.2) is 0 Å². The van der Waals surface area contributed by atoms with Gasteiger partial charge in [0.25, 0.3) is 0 Å². The average Bonchev–Trinajstić information content (AvgIpc) is 2.62. The van der Waals surface area contributed by atoms with Crippen molar-refractivity contribution in [3.05, 3.63) is 71.6 Å². The molecule has 0 radical (unpaired) electrons. The standard InChI is InChI=1S/C20H21F3N2/c1-15(13-19-7-2-3-10-24-19)25-11-8-16(9-12-25)17-5-4-6-18(14-17)20(21,22)23/h2-8,10,14-15H,9,11-13H2,1H3. The summed E-state index contributed by atoms with van der Waals surface area (Å²) in [5, 5.41) is 0. The maximum absolute atomic E-state index is 12.9. The molecular weight excluding hydrogens is 325 g/mol. The summed E-state index contributed by atoms with van der Waals surface area (Å²) in [6, 6.07) is 11.9. The molecule has 0 saturated heterocycles. The topological polar surface area (TPSA) is 16.1 Å². The second kappa shape index (κ2) is 7.40. The first-order valence-electron chi connectivity index (χ1n) is 8.44. The lowest BCUT2D eigenvalue weighted by atomic mass is 9.96. The van der Waals surface area contributed by atoms with Crippen LogP contribution in [0.4, 0.5) is 13.2 Å². The van der Waals surface area contributed by atoms with Crippen molar-refractivity contribution in [3.8, 4) is 0 Å². The lowest BCUT2D eigenvalue weighted by Crippen LogP contribution is -2.37. The van der Waals surface area contributed by atoms with Gasteiger partial charge in [-0.1, -0.05) is 24.3 Å². The van der Waals surface area contributed by atoms with Crippen LogP contribution in [0.1, 0.15) is 30.2 Å². The molecule has 3 rings (SSSR count). The van der Waals surface area contributed by atoms with Crippen LogP contribution in [0.25, 0.3) is 5.57 Å². The summed E-state index contributed by atoms with van der Waals surface area (Å²) in [6.07, 6.45) is 1.17. The molecule has 25 heavy (non-hydrogen) atoms. The van der Waals surface area contributed by atoms with E-state index >= 15 is 0 Å². The summed E-state index contributed by atoms with van der Waals surface area (Å²) in [5.74, 6) is 0.